The summed E-state index contributed by atoms with van der Waals surface area (Å²) in [5.41, 5.74) is 4.52. The second-order valence-corrected chi connectivity index (χ2v) is 6.99. The first kappa shape index (κ1) is 16.5. The van der Waals surface area contributed by atoms with Gasteiger partial charge in [0.15, 0.2) is 0 Å². The summed E-state index contributed by atoms with van der Waals surface area (Å²) in [5, 5.41) is 0. The topological polar surface area (TPSA) is 47.3 Å². The third-order valence-corrected chi connectivity index (χ3v) is 3.80. The summed E-state index contributed by atoms with van der Waals surface area (Å²) in [6, 6.07) is 6.47. The highest BCUT2D eigenvalue weighted by atomic mass is 79.9. The summed E-state index contributed by atoms with van der Waals surface area (Å²) in [6.45, 7) is 6.76. The predicted molar refractivity (Wildman–Crippen MR) is 84.2 cm³/mol. The van der Waals surface area contributed by atoms with Gasteiger partial charge in [0, 0.05) is 6.04 Å². The zero-order valence-corrected chi connectivity index (χ0v) is 13.9. The van der Waals surface area contributed by atoms with Crippen LogP contribution in [-0.2, 0) is 6.42 Å². The molecule has 3 nitrogen and oxygen atoms in total. The zero-order valence-electron chi connectivity index (χ0n) is 12.3. The SMILES string of the molecule is COc1ccc(CC(CCC(C)(C)C)NN)cc1Br. The van der Waals surface area contributed by atoms with Crippen molar-refractivity contribution >= 4 is 15.9 Å². The van der Waals surface area contributed by atoms with E-state index in [2.05, 4.69) is 54.3 Å². The van der Waals surface area contributed by atoms with E-state index in [4.69, 9.17) is 10.6 Å². The largest absolute Gasteiger partial charge is 0.496 e. The minimum Gasteiger partial charge on any atom is -0.496 e. The van der Waals surface area contributed by atoms with Crippen LogP contribution in [0.2, 0.25) is 0 Å². The van der Waals surface area contributed by atoms with Crippen molar-refractivity contribution in [3.8, 4) is 5.75 Å². The maximum atomic E-state index is 5.66. The molecule has 1 aromatic carbocycles. The quantitative estimate of drug-likeness (QED) is 0.618. The van der Waals surface area contributed by atoms with Crippen LogP contribution in [0.1, 0.15) is 39.2 Å². The van der Waals surface area contributed by atoms with E-state index in [1.807, 2.05) is 6.07 Å². The van der Waals surface area contributed by atoms with E-state index >= 15 is 0 Å². The van der Waals surface area contributed by atoms with Gasteiger partial charge in [0.1, 0.15) is 5.75 Å². The lowest BCUT2D eigenvalue weighted by molar-refractivity contribution is 0.330. The molecule has 0 bridgehead atoms. The van der Waals surface area contributed by atoms with Crippen molar-refractivity contribution < 1.29 is 4.74 Å². The summed E-state index contributed by atoms with van der Waals surface area (Å²) < 4.78 is 6.22. The first-order valence-electron chi connectivity index (χ1n) is 6.64. The van der Waals surface area contributed by atoms with Gasteiger partial charge in [-0.1, -0.05) is 26.8 Å². The van der Waals surface area contributed by atoms with Crippen LogP contribution >= 0.6 is 15.9 Å². The van der Waals surface area contributed by atoms with Crippen molar-refractivity contribution in [1.29, 1.82) is 0 Å². The second-order valence-electron chi connectivity index (χ2n) is 6.14. The molecule has 0 fully saturated rings. The molecule has 3 N–H and O–H groups in total. The average Bonchev–Trinajstić information content (AvgIpc) is 2.33. The smallest absolute Gasteiger partial charge is 0.133 e. The highest BCUT2D eigenvalue weighted by molar-refractivity contribution is 9.10. The lowest BCUT2D eigenvalue weighted by Gasteiger charge is -2.23. The lowest BCUT2D eigenvalue weighted by atomic mass is 9.87. The number of ether oxygens (including phenoxy) is 1. The summed E-state index contributed by atoms with van der Waals surface area (Å²) in [4.78, 5) is 0. The minimum atomic E-state index is 0.305. The third kappa shape index (κ3) is 5.93. The van der Waals surface area contributed by atoms with E-state index in [-0.39, 0.29) is 0 Å². The molecule has 0 amide bonds. The number of nitrogens with two attached hydrogens (primary N) is 1. The van der Waals surface area contributed by atoms with E-state index in [1.165, 1.54) is 5.56 Å². The zero-order chi connectivity index (χ0) is 14.5. The van der Waals surface area contributed by atoms with Crippen molar-refractivity contribution in [1.82, 2.24) is 5.43 Å². The Balaban J connectivity index is 2.63. The fourth-order valence-corrected chi connectivity index (χ4v) is 2.56. The Kier molecular flexibility index (Phi) is 6.30. The minimum absolute atomic E-state index is 0.305. The molecular weight excluding hydrogens is 304 g/mol. The fourth-order valence-electron chi connectivity index (χ4n) is 1.97. The van der Waals surface area contributed by atoms with Gasteiger partial charge in [0.25, 0.3) is 0 Å². The molecule has 108 valence electrons. The maximum Gasteiger partial charge on any atom is 0.133 e. The van der Waals surface area contributed by atoms with Gasteiger partial charge >= 0.3 is 0 Å². The first-order valence-corrected chi connectivity index (χ1v) is 7.43. The van der Waals surface area contributed by atoms with Crippen LogP contribution < -0.4 is 16.0 Å². The fraction of sp³-hybridized carbons (Fsp3) is 0.600. The van der Waals surface area contributed by atoms with Crippen molar-refractivity contribution in [2.45, 2.75) is 46.1 Å². The molecule has 1 unspecified atom stereocenters. The molecule has 1 aromatic rings. The van der Waals surface area contributed by atoms with E-state index in [0.717, 1.165) is 29.5 Å². The van der Waals surface area contributed by atoms with Crippen LogP contribution in [0, 0.1) is 5.41 Å². The van der Waals surface area contributed by atoms with Crippen molar-refractivity contribution in [2.75, 3.05) is 7.11 Å². The Bertz CT molecular complexity index is 402. The molecule has 0 aliphatic heterocycles. The van der Waals surface area contributed by atoms with Gasteiger partial charge in [0.05, 0.1) is 11.6 Å². The van der Waals surface area contributed by atoms with Gasteiger partial charge in [0.2, 0.25) is 0 Å². The van der Waals surface area contributed by atoms with Crippen LogP contribution in [0.3, 0.4) is 0 Å². The molecular formula is C15H25BrN2O. The van der Waals surface area contributed by atoms with Crippen LogP contribution in [-0.4, -0.2) is 13.2 Å². The second kappa shape index (κ2) is 7.27. The number of hydrogen-bond donors (Lipinski definition) is 2. The van der Waals surface area contributed by atoms with E-state index in [0.29, 0.717) is 11.5 Å². The number of hydrazine groups is 1. The van der Waals surface area contributed by atoms with Crippen LogP contribution in [0.25, 0.3) is 0 Å². The molecule has 0 aliphatic carbocycles. The summed E-state index contributed by atoms with van der Waals surface area (Å²) >= 11 is 3.51. The number of rotatable bonds is 6. The van der Waals surface area contributed by atoms with E-state index < -0.39 is 0 Å². The maximum absolute atomic E-state index is 5.66. The lowest BCUT2D eigenvalue weighted by Crippen LogP contribution is -2.37. The number of halogens is 1. The molecule has 4 heteroatoms. The van der Waals surface area contributed by atoms with Crippen molar-refractivity contribution in [3.63, 3.8) is 0 Å². The van der Waals surface area contributed by atoms with Gasteiger partial charge in [-0.2, -0.15) is 0 Å². The predicted octanol–water partition coefficient (Wildman–Crippen LogP) is 3.66. The van der Waals surface area contributed by atoms with Gasteiger partial charge < -0.3 is 4.74 Å². The van der Waals surface area contributed by atoms with Crippen LogP contribution in [0.5, 0.6) is 5.75 Å². The number of hydrogen-bond acceptors (Lipinski definition) is 3. The molecule has 19 heavy (non-hydrogen) atoms. The molecule has 0 aliphatic rings. The summed E-state index contributed by atoms with van der Waals surface area (Å²) in [7, 11) is 1.67. The Morgan fingerprint density at radius 2 is 2.05 bits per heavy atom. The Labute approximate surface area is 125 Å². The highest BCUT2D eigenvalue weighted by Crippen LogP contribution is 2.27. The summed E-state index contributed by atoms with van der Waals surface area (Å²) in [6.07, 6.45) is 3.15. The van der Waals surface area contributed by atoms with Gasteiger partial charge in [-0.25, -0.2) is 0 Å². The molecule has 1 atom stereocenters. The Morgan fingerprint density at radius 1 is 1.37 bits per heavy atom. The molecule has 0 heterocycles. The van der Waals surface area contributed by atoms with Gasteiger partial charge in [-0.05, 0) is 58.3 Å². The monoisotopic (exact) mass is 328 g/mol. The molecule has 0 aromatic heterocycles. The van der Waals surface area contributed by atoms with Crippen LogP contribution in [0.15, 0.2) is 22.7 Å². The standard InChI is InChI=1S/C15H25BrN2O/c1-15(2,3)8-7-12(18-17)9-11-5-6-14(19-4)13(16)10-11/h5-6,10,12,18H,7-9,17H2,1-4H3. The van der Waals surface area contributed by atoms with E-state index in [9.17, 15) is 0 Å². The Hall–Kier alpha value is -0.580. The number of nitrogens with one attached hydrogen (secondary N) is 1. The van der Waals surface area contributed by atoms with Crippen LogP contribution in [0.4, 0.5) is 0 Å². The third-order valence-electron chi connectivity index (χ3n) is 3.18. The summed E-state index contributed by atoms with van der Waals surface area (Å²) in [5.74, 6) is 6.51. The number of methoxy groups -OCH3 is 1. The van der Waals surface area contributed by atoms with Gasteiger partial charge in [-0.3, -0.25) is 11.3 Å². The average molecular weight is 329 g/mol. The molecule has 0 spiro atoms. The van der Waals surface area contributed by atoms with Crippen molar-refractivity contribution in [2.24, 2.45) is 11.3 Å². The molecule has 0 saturated heterocycles. The molecule has 0 radical (unpaired) electrons. The molecule has 0 saturated carbocycles. The Morgan fingerprint density at radius 3 is 2.53 bits per heavy atom. The van der Waals surface area contributed by atoms with Gasteiger partial charge in [-0.15, -0.1) is 0 Å². The van der Waals surface area contributed by atoms with E-state index in [1.54, 1.807) is 7.11 Å². The molecule has 1 rings (SSSR count). The first-order chi connectivity index (χ1) is 8.85. The highest BCUT2D eigenvalue weighted by Gasteiger charge is 2.15. The number of benzene rings is 1. The van der Waals surface area contributed by atoms with Crippen molar-refractivity contribution in [3.05, 3.63) is 28.2 Å². The normalized spacial score (nSPS) is 13.4.